The number of hydrogen-bond donors (Lipinski definition) is 1. The third kappa shape index (κ3) is 2.81. The van der Waals surface area contributed by atoms with E-state index in [1.807, 2.05) is 0 Å². The van der Waals surface area contributed by atoms with Gasteiger partial charge < -0.3 is 5.11 Å². The van der Waals surface area contributed by atoms with Crippen LogP contribution in [0.2, 0.25) is 0 Å². The van der Waals surface area contributed by atoms with Gasteiger partial charge in [-0.2, -0.15) is 4.31 Å². The molecule has 0 aliphatic carbocycles. The Morgan fingerprint density at radius 1 is 1.53 bits per heavy atom. The van der Waals surface area contributed by atoms with Gasteiger partial charge in [0.05, 0.1) is 10.8 Å². The second-order valence-corrected chi connectivity index (χ2v) is 7.90. The van der Waals surface area contributed by atoms with Gasteiger partial charge >= 0.3 is 5.97 Å². The fourth-order valence-corrected chi connectivity index (χ4v) is 5.24. The van der Waals surface area contributed by atoms with Gasteiger partial charge in [-0.1, -0.05) is 15.9 Å². The molecule has 1 aromatic carbocycles. The van der Waals surface area contributed by atoms with Gasteiger partial charge in [0.2, 0.25) is 10.0 Å². The van der Waals surface area contributed by atoms with Crippen LogP contribution >= 0.6 is 27.7 Å². The number of aliphatic carboxylic acids is 1. The second kappa shape index (κ2) is 5.43. The Balaban J connectivity index is 2.42. The number of halogens is 1. The SMILES string of the molecule is Cc1cc(S(=O)(=O)N2CSCC2C(=O)O)ccc1Br. The topological polar surface area (TPSA) is 74.7 Å². The molecule has 1 aliphatic rings. The predicted molar refractivity (Wildman–Crippen MR) is 76.7 cm³/mol. The molecule has 1 fully saturated rings. The van der Waals surface area contributed by atoms with Crippen molar-refractivity contribution in [2.75, 3.05) is 11.6 Å². The Labute approximate surface area is 124 Å². The molecule has 1 atom stereocenters. The molecule has 1 N–H and O–H groups in total. The molecular formula is C11H12BrNO4S2. The lowest BCUT2D eigenvalue weighted by atomic mass is 10.2. The zero-order valence-electron chi connectivity index (χ0n) is 10.0. The van der Waals surface area contributed by atoms with Gasteiger partial charge in [-0.3, -0.25) is 4.79 Å². The smallest absolute Gasteiger partial charge is 0.322 e. The average molecular weight is 366 g/mol. The minimum atomic E-state index is -3.76. The summed E-state index contributed by atoms with van der Waals surface area (Å²) in [6.45, 7) is 1.79. The van der Waals surface area contributed by atoms with Crippen molar-refractivity contribution in [3.05, 3.63) is 28.2 Å². The second-order valence-electron chi connectivity index (χ2n) is 4.16. The highest BCUT2D eigenvalue weighted by atomic mass is 79.9. The van der Waals surface area contributed by atoms with Crippen LogP contribution in [0.15, 0.2) is 27.6 Å². The maximum Gasteiger partial charge on any atom is 0.322 e. The summed E-state index contributed by atoms with van der Waals surface area (Å²) in [5.74, 6) is -0.652. The molecule has 1 aromatic rings. The van der Waals surface area contributed by atoms with Crippen LogP contribution in [0.1, 0.15) is 5.56 Å². The van der Waals surface area contributed by atoms with Crippen LogP contribution in [-0.2, 0) is 14.8 Å². The summed E-state index contributed by atoms with van der Waals surface area (Å²) in [6, 6.07) is 3.69. The molecule has 1 unspecified atom stereocenters. The maximum atomic E-state index is 12.4. The Bertz CT molecular complexity index is 617. The van der Waals surface area contributed by atoms with E-state index in [0.717, 1.165) is 14.3 Å². The number of sulfonamides is 1. The molecular weight excluding hydrogens is 354 g/mol. The van der Waals surface area contributed by atoms with E-state index >= 15 is 0 Å². The Morgan fingerprint density at radius 3 is 2.79 bits per heavy atom. The van der Waals surface area contributed by atoms with E-state index < -0.39 is 22.0 Å². The van der Waals surface area contributed by atoms with Crippen molar-refractivity contribution in [3.63, 3.8) is 0 Å². The van der Waals surface area contributed by atoms with Crippen molar-refractivity contribution in [1.82, 2.24) is 4.31 Å². The number of carbonyl (C=O) groups is 1. The van der Waals surface area contributed by atoms with Crippen molar-refractivity contribution in [2.24, 2.45) is 0 Å². The first-order valence-electron chi connectivity index (χ1n) is 5.42. The largest absolute Gasteiger partial charge is 0.480 e. The number of nitrogens with zero attached hydrogens (tertiary/aromatic N) is 1. The highest BCUT2D eigenvalue weighted by Gasteiger charge is 2.40. The molecule has 5 nitrogen and oxygen atoms in total. The molecule has 1 heterocycles. The van der Waals surface area contributed by atoms with Crippen LogP contribution in [0.25, 0.3) is 0 Å². The Kier molecular flexibility index (Phi) is 4.24. The van der Waals surface area contributed by atoms with E-state index in [0.29, 0.717) is 0 Å². The zero-order valence-corrected chi connectivity index (χ0v) is 13.3. The highest BCUT2D eigenvalue weighted by molar-refractivity contribution is 9.10. The molecule has 2 rings (SSSR count). The summed E-state index contributed by atoms with van der Waals surface area (Å²) in [6.07, 6.45) is 0. The number of thioether (sulfide) groups is 1. The van der Waals surface area contributed by atoms with Gasteiger partial charge in [0.15, 0.2) is 0 Å². The van der Waals surface area contributed by atoms with Crippen LogP contribution < -0.4 is 0 Å². The van der Waals surface area contributed by atoms with E-state index in [1.54, 1.807) is 19.1 Å². The van der Waals surface area contributed by atoms with E-state index in [4.69, 9.17) is 5.11 Å². The van der Waals surface area contributed by atoms with E-state index in [9.17, 15) is 13.2 Å². The summed E-state index contributed by atoms with van der Waals surface area (Å²) < 4.78 is 26.8. The summed E-state index contributed by atoms with van der Waals surface area (Å²) in [5.41, 5.74) is 0.791. The minimum Gasteiger partial charge on any atom is -0.480 e. The lowest BCUT2D eigenvalue weighted by Gasteiger charge is -2.20. The molecule has 0 saturated carbocycles. The maximum absolute atomic E-state index is 12.4. The number of rotatable bonds is 3. The molecule has 19 heavy (non-hydrogen) atoms. The number of carboxylic acids is 1. The van der Waals surface area contributed by atoms with Gasteiger partial charge in [-0.15, -0.1) is 11.8 Å². The minimum absolute atomic E-state index is 0.127. The number of benzene rings is 1. The van der Waals surface area contributed by atoms with Crippen molar-refractivity contribution < 1.29 is 18.3 Å². The number of hydrogen-bond acceptors (Lipinski definition) is 4. The van der Waals surface area contributed by atoms with Crippen molar-refractivity contribution >= 4 is 43.7 Å². The molecule has 1 saturated heterocycles. The summed E-state index contributed by atoms with van der Waals surface area (Å²) in [5, 5.41) is 9.07. The van der Waals surface area contributed by atoms with Gasteiger partial charge in [0, 0.05) is 10.2 Å². The zero-order chi connectivity index (χ0) is 14.2. The highest BCUT2D eigenvalue weighted by Crippen LogP contribution is 2.29. The Hall–Kier alpha value is -0.570. The first kappa shape index (κ1) is 14.8. The lowest BCUT2D eigenvalue weighted by Crippen LogP contribution is -2.41. The van der Waals surface area contributed by atoms with E-state index in [-0.39, 0.29) is 16.5 Å². The van der Waals surface area contributed by atoms with Gasteiger partial charge in [0.1, 0.15) is 6.04 Å². The van der Waals surface area contributed by atoms with Crippen molar-refractivity contribution in [3.8, 4) is 0 Å². The molecule has 0 amide bonds. The quantitative estimate of drug-likeness (QED) is 0.885. The number of aryl methyl sites for hydroxylation is 1. The first-order valence-corrected chi connectivity index (χ1v) is 8.81. The molecule has 0 bridgehead atoms. The van der Waals surface area contributed by atoms with Crippen molar-refractivity contribution in [2.45, 2.75) is 17.9 Å². The molecule has 0 aromatic heterocycles. The van der Waals surface area contributed by atoms with Crippen LogP contribution in [0, 0.1) is 6.92 Å². The summed E-state index contributed by atoms with van der Waals surface area (Å²) >= 11 is 4.61. The van der Waals surface area contributed by atoms with E-state index in [2.05, 4.69) is 15.9 Å². The van der Waals surface area contributed by atoms with Gasteiger partial charge in [-0.05, 0) is 30.7 Å². The standard InChI is InChI=1S/C11H12BrNO4S2/c1-7-4-8(2-3-9(7)12)19(16,17)13-6-18-5-10(13)11(14)15/h2-4,10H,5-6H2,1H3,(H,14,15). The molecule has 0 spiro atoms. The fraction of sp³-hybridized carbons (Fsp3) is 0.364. The van der Waals surface area contributed by atoms with E-state index in [1.165, 1.54) is 17.8 Å². The molecule has 1 aliphatic heterocycles. The fourth-order valence-electron chi connectivity index (χ4n) is 1.77. The van der Waals surface area contributed by atoms with Crippen LogP contribution in [-0.4, -0.2) is 41.5 Å². The average Bonchev–Trinajstić information content (AvgIpc) is 2.82. The Morgan fingerprint density at radius 2 is 2.21 bits per heavy atom. The summed E-state index contributed by atoms with van der Waals surface area (Å²) in [4.78, 5) is 11.2. The number of carboxylic acid groups (broad SMARTS) is 1. The molecule has 8 heteroatoms. The normalized spacial score (nSPS) is 20.6. The molecule has 0 radical (unpaired) electrons. The van der Waals surface area contributed by atoms with Gasteiger partial charge in [-0.25, -0.2) is 8.42 Å². The van der Waals surface area contributed by atoms with Crippen molar-refractivity contribution in [1.29, 1.82) is 0 Å². The van der Waals surface area contributed by atoms with Crippen LogP contribution in [0.4, 0.5) is 0 Å². The van der Waals surface area contributed by atoms with Crippen LogP contribution in [0.3, 0.4) is 0 Å². The van der Waals surface area contributed by atoms with Gasteiger partial charge in [0.25, 0.3) is 0 Å². The van der Waals surface area contributed by atoms with Crippen LogP contribution in [0.5, 0.6) is 0 Å². The lowest BCUT2D eigenvalue weighted by molar-refractivity contribution is -0.140. The third-order valence-corrected chi connectivity index (χ3v) is 6.78. The third-order valence-electron chi connectivity index (χ3n) is 2.86. The predicted octanol–water partition coefficient (Wildman–Crippen LogP) is 1.91. The summed E-state index contributed by atoms with van der Waals surface area (Å²) in [7, 11) is -3.76. The molecule has 104 valence electrons. The first-order chi connectivity index (χ1) is 8.84. The monoisotopic (exact) mass is 365 g/mol.